The summed E-state index contributed by atoms with van der Waals surface area (Å²) in [5, 5.41) is 6.59. The molecule has 2 N–H and O–H groups in total. The normalized spacial score (nSPS) is 22.0. The maximum absolute atomic E-state index is 12.4. The lowest BCUT2D eigenvalue weighted by atomic mass is 10.1. The first-order valence-corrected chi connectivity index (χ1v) is 8.30. The van der Waals surface area contributed by atoms with Gasteiger partial charge in [-0.2, -0.15) is 0 Å². The topological polar surface area (TPSA) is 64.7 Å². The Hall–Kier alpha value is -1.79. The molecule has 1 unspecified atom stereocenters. The fourth-order valence-corrected chi connectivity index (χ4v) is 3.19. The maximum Gasteiger partial charge on any atom is 0.237 e. The lowest BCUT2D eigenvalue weighted by Gasteiger charge is -2.37. The van der Waals surface area contributed by atoms with Gasteiger partial charge in [-0.15, -0.1) is 0 Å². The van der Waals surface area contributed by atoms with Gasteiger partial charge in [0.1, 0.15) is 0 Å². The standard InChI is InChI=1S/C16H21ClN4O2/c17-12-2-1-3-13(10-12)20-6-8-21(9-7-20)15(22)11-14-16(23)19-5-4-18-14/h1-3,10,14,18H,4-9,11H2,(H,19,23). The average Bonchev–Trinajstić information content (AvgIpc) is 2.57. The van der Waals surface area contributed by atoms with Gasteiger partial charge in [0.2, 0.25) is 11.8 Å². The van der Waals surface area contributed by atoms with Gasteiger partial charge in [-0.25, -0.2) is 0 Å². The molecule has 0 saturated carbocycles. The zero-order chi connectivity index (χ0) is 16.2. The summed E-state index contributed by atoms with van der Waals surface area (Å²) in [6.45, 7) is 4.22. The second-order valence-electron chi connectivity index (χ2n) is 5.85. The van der Waals surface area contributed by atoms with Crippen LogP contribution < -0.4 is 15.5 Å². The van der Waals surface area contributed by atoms with Crippen molar-refractivity contribution in [3.05, 3.63) is 29.3 Å². The quantitative estimate of drug-likeness (QED) is 0.842. The minimum atomic E-state index is -0.401. The number of nitrogens with one attached hydrogen (secondary N) is 2. The van der Waals surface area contributed by atoms with E-state index in [9.17, 15) is 9.59 Å². The molecule has 2 saturated heterocycles. The molecular formula is C16H21ClN4O2. The summed E-state index contributed by atoms with van der Waals surface area (Å²) >= 11 is 6.03. The average molecular weight is 337 g/mol. The first-order valence-electron chi connectivity index (χ1n) is 7.93. The molecule has 1 aromatic rings. The van der Waals surface area contributed by atoms with E-state index in [1.165, 1.54) is 0 Å². The van der Waals surface area contributed by atoms with E-state index in [4.69, 9.17) is 11.6 Å². The second-order valence-corrected chi connectivity index (χ2v) is 6.29. The highest BCUT2D eigenvalue weighted by molar-refractivity contribution is 6.30. The van der Waals surface area contributed by atoms with Crippen LogP contribution in [-0.4, -0.2) is 62.0 Å². The number of carbonyl (C=O) groups excluding carboxylic acids is 2. The number of amides is 2. The van der Waals surface area contributed by atoms with Gasteiger partial charge >= 0.3 is 0 Å². The number of carbonyl (C=O) groups is 2. The summed E-state index contributed by atoms with van der Waals surface area (Å²) in [4.78, 5) is 28.2. The van der Waals surface area contributed by atoms with Gasteiger partial charge in [-0.05, 0) is 18.2 Å². The van der Waals surface area contributed by atoms with Crippen LogP contribution in [0, 0.1) is 0 Å². The highest BCUT2D eigenvalue weighted by atomic mass is 35.5. The Kier molecular flexibility index (Phi) is 5.03. The molecule has 2 fully saturated rings. The summed E-state index contributed by atoms with van der Waals surface area (Å²) < 4.78 is 0. The van der Waals surface area contributed by atoms with E-state index >= 15 is 0 Å². The van der Waals surface area contributed by atoms with Crippen LogP contribution in [-0.2, 0) is 9.59 Å². The van der Waals surface area contributed by atoms with Crippen molar-refractivity contribution < 1.29 is 9.59 Å². The van der Waals surface area contributed by atoms with Gasteiger partial charge in [-0.1, -0.05) is 17.7 Å². The van der Waals surface area contributed by atoms with E-state index in [1.807, 2.05) is 29.2 Å². The molecule has 0 spiro atoms. The third-order valence-electron chi connectivity index (χ3n) is 4.32. The molecule has 23 heavy (non-hydrogen) atoms. The largest absolute Gasteiger partial charge is 0.368 e. The van der Waals surface area contributed by atoms with Gasteiger partial charge in [0, 0.05) is 50.0 Å². The van der Waals surface area contributed by atoms with Crippen molar-refractivity contribution in [2.24, 2.45) is 0 Å². The second kappa shape index (κ2) is 7.19. The van der Waals surface area contributed by atoms with Gasteiger partial charge in [0.25, 0.3) is 0 Å². The van der Waals surface area contributed by atoms with Crippen LogP contribution in [0.25, 0.3) is 0 Å². The number of hydrogen-bond acceptors (Lipinski definition) is 4. The Bertz CT molecular complexity index is 587. The molecule has 1 aromatic carbocycles. The van der Waals surface area contributed by atoms with Crippen molar-refractivity contribution in [3.8, 4) is 0 Å². The van der Waals surface area contributed by atoms with Crippen molar-refractivity contribution in [1.29, 1.82) is 0 Å². The fourth-order valence-electron chi connectivity index (χ4n) is 3.00. The lowest BCUT2D eigenvalue weighted by Crippen LogP contribution is -2.56. The highest BCUT2D eigenvalue weighted by Gasteiger charge is 2.28. The zero-order valence-corrected chi connectivity index (χ0v) is 13.7. The molecule has 124 valence electrons. The van der Waals surface area contributed by atoms with Crippen LogP contribution in [0.5, 0.6) is 0 Å². The predicted molar refractivity (Wildman–Crippen MR) is 89.7 cm³/mol. The van der Waals surface area contributed by atoms with Crippen LogP contribution in [0.3, 0.4) is 0 Å². The summed E-state index contributed by atoms with van der Waals surface area (Å²) in [6, 6.07) is 7.35. The molecule has 6 nitrogen and oxygen atoms in total. The molecule has 2 heterocycles. The first kappa shape index (κ1) is 16.1. The highest BCUT2D eigenvalue weighted by Crippen LogP contribution is 2.21. The van der Waals surface area contributed by atoms with E-state index in [0.717, 1.165) is 23.8 Å². The van der Waals surface area contributed by atoms with Crippen molar-refractivity contribution in [2.45, 2.75) is 12.5 Å². The van der Waals surface area contributed by atoms with Gasteiger partial charge in [0.15, 0.2) is 0 Å². The Labute approximate surface area is 140 Å². The maximum atomic E-state index is 12.4. The Morgan fingerprint density at radius 3 is 2.70 bits per heavy atom. The first-order chi connectivity index (χ1) is 11.1. The van der Waals surface area contributed by atoms with E-state index in [2.05, 4.69) is 15.5 Å². The molecule has 0 aromatic heterocycles. The van der Waals surface area contributed by atoms with E-state index in [-0.39, 0.29) is 18.2 Å². The van der Waals surface area contributed by atoms with Crippen molar-refractivity contribution in [3.63, 3.8) is 0 Å². The van der Waals surface area contributed by atoms with Gasteiger partial charge in [0.05, 0.1) is 12.5 Å². The van der Waals surface area contributed by atoms with Crippen LogP contribution in [0.4, 0.5) is 5.69 Å². The van der Waals surface area contributed by atoms with E-state index in [1.54, 1.807) is 0 Å². The van der Waals surface area contributed by atoms with Crippen LogP contribution in [0.1, 0.15) is 6.42 Å². The number of halogens is 1. The molecular weight excluding hydrogens is 316 g/mol. The number of nitrogens with zero attached hydrogens (tertiary/aromatic N) is 2. The minimum Gasteiger partial charge on any atom is -0.368 e. The number of anilines is 1. The van der Waals surface area contributed by atoms with E-state index in [0.29, 0.717) is 26.2 Å². The fraction of sp³-hybridized carbons (Fsp3) is 0.500. The van der Waals surface area contributed by atoms with Crippen LogP contribution in [0.2, 0.25) is 5.02 Å². The summed E-state index contributed by atoms with van der Waals surface area (Å²) in [5.74, 6) is -0.0487. The molecule has 0 bridgehead atoms. The summed E-state index contributed by atoms with van der Waals surface area (Å²) in [5.41, 5.74) is 1.08. The predicted octanol–water partition coefficient (Wildman–Crippen LogP) is 0.467. The third kappa shape index (κ3) is 3.95. The van der Waals surface area contributed by atoms with Crippen molar-refractivity contribution in [2.75, 3.05) is 44.2 Å². The zero-order valence-electron chi connectivity index (χ0n) is 12.9. The molecule has 2 aliphatic heterocycles. The smallest absolute Gasteiger partial charge is 0.237 e. The Balaban J connectivity index is 1.52. The summed E-state index contributed by atoms with van der Waals surface area (Å²) in [7, 11) is 0. The lowest BCUT2D eigenvalue weighted by molar-refractivity contribution is -0.135. The molecule has 1 atom stereocenters. The molecule has 2 aliphatic rings. The number of benzene rings is 1. The van der Waals surface area contributed by atoms with Gasteiger partial charge < -0.3 is 20.4 Å². The molecule has 7 heteroatoms. The summed E-state index contributed by atoms with van der Waals surface area (Å²) in [6.07, 6.45) is 0.225. The Morgan fingerprint density at radius 1 is 1.22 bits per heavy atom. The minimum absolute atomic E-state index is 0.0327. The Morgan fingerprint density at radius 2 is 2.00 bits per heavy atom. The molecule has 2 amide bonds. The molecule has 3 rings (SSSR count). The number of piperazine rings is 2. The monoisotopic (exact) mass is 336 g/mol. The SMILES string of the molecule is O=C1NCCNC1CC(=O)N1CCN(c2cccc(Cl)c2)CC1. The molecule has 0 radical (unpaired) electrons. The van der Waals surface area contributed by atoms with E-state index < -0.39 is 6.04 Å². The molecule has 0 aliphatic carbocycles. The van der Waals surface area contributed by atoms with Crippen LogP contribution in [0.15, 0.2) is 24.3 Å². The number of hydrogen-bond donors (Lipinski definition) is 2. The van der Waals surface area contributed by atoms with Gasteiger partial charge in [-0.3, -0.25) is 9.59 Å². The third-order valence-corrected chi connectivity index (χ3v) is 4.55. The number of rotatable bonds is 3. The van der Waals surface area contributed by atoms with Crippen molar-refractivity contribution in [1.82, 2.24) is 15.5 Å². The van der Waals surface area contributed by atoms with Crippen LogP contribution >= 0.6 is 11.6 Å². The van der Waals surface area contributed by atoms with Crippen molar-refractivity contribution >= 4 is 29.1 Å².